The van der Waals surface area contributed by atoms with E-state index in [1.165, 1.54) is 12.1 Å². The molecular weight excluding hydrogens is 180 g/mol. The first-order valence-electron chi connectivity index (χ1n) is 4.56. The summed E-state index contributed by atoms with van der Waals surface area (Å²) in [6.45, 7) is 4.09. The second kappa shape index (κ2) is 4.13. The quantitative estimate of drug-likeness (QED) is 0.776. The Labute approximate surface area is 83.0 Å². The second-order valence-electron chi connectivity index (χ2n) is 3.75. The minimum atomic E-state index is -1.02. The van der Waals surface area contributed by atoms with Crippen molar-refractivity contribution in [3.8, 4) is 5.75 Å². The van der Waals surface area contributed by atoms with Crippen molar-refractivity contribution in [2.75, 3.05) is 0 Å². The number of phenols is 1. The van der Waals surface area contributed by atoms with Crippen LogP contribution in [0.2, 0.25) is 0 Å². The van der Waals surface area contributed by atoms with E-state index in [1.807, 2.05) is 13.8 Å². The lowest BCUT2D eigenvalue weighted by Gasteiger charge is -2.07. The van der Waals surface area contributed by atoms with Crippen molar-refractivity contribution >= 4 is 5.97 Å². The molecule has 0 atom stereocenters. The Morgan fingerprint density at radius 3 is 2.50 bits per heavy atom. The predicted octanol–water partition coefficient (Wildman–Crippen LogP) is 2.29. The highest BCUT2D eigenvalue weighted by Gasteiger charge is 2.08. The maximum atomic E-state index is 10.6. The van der Waals surface area contributed by atoms with Crippen LogP contribution in [0.25, 0.3) is 0 Å². The van der Waals surface area contributed by atoms with Gasteiger partial charge in [0.15, 0.2) is 0 Å². The van der Waals surface area contributed by atoms with Crippen molar-refractivity contribution in [1.82, 2.24) is 0 Å². The maximum absolute atomic E-state index is 10.6. The van der Waals surface area contributed by atoms with Crippen LogP contribution in [0.1, 0.15) is 29.8 Å². The number of phenolic OH excluding ortho intramolecular Hbond substituents is 1. The molecule has 0 aromatic heterocycles. The van der Waals surface area contributed by atoms with Gasteiger partial charge in [-0.25, -0.2) is 4.79 Å². The first-order chi connectivity index (χ1) is 6.50. The van der Waals surface area contributed by atoms with E-state index in [4.69, 9.17) is 5.11 Å². The lowest BCUT2D eigenvalue weighted by Crippen LogP contribution is -1.99. The van der Waals surface area contributed by atoms with Gasteiger partial charge in [0, 0.05) is 0 Å². The molecule has 3 heteroatoms. The number of aromatic hydroxyl groups is 1. The molecule has 0 saturated heterocycles. The highest BCUT2D eigenvalue weighted by molar-refractivity contribution is 5.88. The van der Waals surface area contributed by atoms with Crippen molar-refractivity contribution in [2.24, 2.45) is 5.92 Å². The Balaban J connectivity index is 2.95. The molecule has 0 unspecified atom stereocenters. The number of carboxylic acid groups (broad SMARTS) is 1. The van der Waals surface area contributed by atoms with E-state index in [0.29, 0.717) is 5.92 Å². The first kappa shape index (κ1) is 10.6. The SMILES string of the molecule is CC(C)Cc1ccc(C(=O)O)cc1O. The maximum Gasteiger partial charge on any atom is 0.335 e. The molecule has 0 spiro atoms. The van der Waals surface area contributed by atoms with Crippen LogP contribution >= 0.6 is 0 Å². The molecule has 76 valence electrons. The van der Waals surface area contributed by atoms with Crippen LogP contribution in [0, 0.1) is 5.92 Å². The van der Waals surface area contributed by atoms with Crippen LogP contribution in [0.5, 0.6) is 5.75 Å². The molecule has 1 aromatic rings. The zero-order chi connectivity index (χ0) is 10.7. The molecular formula is C11H14O3. The van der Waals surface area contributed by atoms with Crippen LogP contribution in [-0.2, 0) is 6.42 Å². The normalized spacial score (nSPS) is 10.5. The highest BCUT2D eigenvalue weighted by Crippen LogP contribution is 2.21. The summed E-state index contributed by atoms with van der Waals surface area (Å²) in [5.74, 6) is -0.508. The van der Waals surface area contributed by atoms with Gasteiger partial charge in [0.05, 0.1) is 5.56 Å². The molecule has 1 rings (SSSR count). The van der Waals surface area contributed by atoms with Gasteiger partial charge in [-0.3, -0.25) is 0 Å². The van der Waals surface area contributed by atoms with Gasteiger partial charge >= 0.3 is 5.97 Å². The third kappa shape index (κ3) is 2.49. The number of hydrogen-bond acceptors (Lipinski definition) is 2. The fraction of sp³-hybridized carbons (Fsp3) is 0.364. The van der Waals surface area contributed by atoms with Crippen LogP contribution in [0.15, 0.2) is 18.2 Å². The Hall–Kier alpha value is -1.51. The Kier molecular flexibility index (Phi) is 3.12. The third-order valence-corrected chi connectivity index (χ3v) is 1.96. The van der Waals surface area contributed by atoms with Crippen LogP contribution in [0.3, 0.4) is 0 Å². The van der Waals surface area contributed by atoms with Crippen molar-refractivity contribution < 1.29 is 15.0 Å². The smallest absolute Gasteiger partial charge is 0.335 e. The zero-order valence-corrected chi connectivity index (χ0v) is 8.32. The number of carboxylic acids is 1. The Bertz CT molecular complexity index is 342. The molecule has 0 aliphatic rings. The molecule has 0 radical (unpaired) electrons. The number of benzene rings is 1. The van der Waals surface area contributed by atoms with Crippen molar-refractivity contribution in [3.63, 3.8) is 0 Å². The lowest BCUT2D eigenvalue weighted by atomic mass is 10.0. The molecule has 0 aliphatic heterocycles. The second-order valence-corrected chi connectivity index (χ2v) is 3.75. The van der Waals surface area contributed by atoms with Crippen LogP contribution in [0.4, 0.5) is 0 Å². The van der Waals surface area contributed by atoms with Gasteiger partial charge in [-0.05, 0) is 30.0 Å². The molecule has 0 bridgehead atoms. The first-order valence-corrected chi connectivity index (χ1v) is 4.56. The fourth-order valence-corrected chi connectivity index (χ4v) is 1.31. The summed E-state index contributed by atoms with van der Waals surface area (Å²) >= 11 is 0. The molecule has 0 amide bonds. The van der Waals surface area contributed by atoms with Crippen molar-refractivity contribution in [2.45, 2.75) is 20.3 Å². The van der Waals surface area contributed by atoms with E-state index in [9.17, 15) is 9.90 Å². The molecule has 0 saturated carbocycles. The van der Waals surface area contributed by atoms with E-state index in [-0.39, 0.29) is 11.3 Å². The lowest BCUT2D eigenvalue weighted by molar-refractivity contribution is 0.0696. The molecule has 14 heavy (non-hydrogen) atoms. The van der Waals surface area contributed by atoms with Gasteiger partial charge in [0.2, 0.25) is 0 Å². The summed E-state index contributed by atoms with van der Waals surface area (Å²) in [6, 6.07) is 4.47. The molecule has 3 nitrogen and oxygen atoms in total. The van der Waals surface area contributed by atoms with E-state index in [1.54, 1.807) is 6.07 Å². The largest absolute Gasteiger partial charge is 0.508 e. The van der Waals surface area contributed by atoms with E-state index >= 15 is 0 Å². The monoisotopic (exact) mass is 194 g/mol. The number of carbonyl (C=O) groups is 1. The van der Waals surface area contributed by atoms with E-state index in [2.05, 4.69) is 0 Å². The fourth-order valence-electron chi connectivity index (χ4n) is 1.31. The number of hydrogen-bond donors (Lipinski definition) is 2. The van der Waals surface area contributed by atoms with Crippen molar-refractivity contribution in [3.05, 3.63) is 29.3 Å². The number of rotatable bonds is 3. The van der Waals surface area contributed by atoms with Gasteiger partial charge in [0.25, 0.3) is 0 Å². The topological polar surface area (TPSA) is 57.5 Å². The van der Waals surface area contributed by atoms with Gasteiger partial charge < -0.3 is 10.2 Å². The highest BCUT2D eigenvalue weighted by atomic mass is 16.4. The minimum absolute atomic E-state index is 0.0681. The minimum Gasteiger partial charge on any atom is -0.508 e. The zero-order valence-electron chi connectivity index (χ0n) is 8.32. The summed E-state index contributed by atoms with van der Waals surface area (Å²) in [5.41, 5.74) is 0.917. The standard InChI is InChI=1S/C11H14O3/c1-7(2)5-8-3-4-9(11(13)14)6-10(8)12/h3-4,6-7,12H,5H2,1-2H3,(H,13,14). The van der Waals surface area contributed by atoms with Gasteiger partial charge in [-0.15, -0.1) is 0 Å². The van der Waals surface area contributed by atoms with Crippen molar-refractivity contribution in [1.29, 1.82) is 0 Å². The molecule has 1 aromatic carbocycles. The molecule has 2 N–H and O–H groups in total. The van der Waals surface area contributed by atoms with E-state index < -0.39 is 5.97 Å². The summed E-state index contributed by atoms with van der Waals surface area (Å²) in [7, 11) is 0. The van der Waals surface area contributed by atoms with Gasteiger partial charge in [-0.1, -0.05) is 19.9 Å². The predicted molar refractivity (Wildman–Crippen MR) is 53.6 cm³/mol. The summed E-state index contributed by atoms with van der Waals surface area (Å²) in [5, 5.41) is 18.2. The van der Waals surface area contributed by atoms with Crippen LogP contribution in [-0.4, -0.2) is 16.2 Å². The van der Waals surface area contributed by atoms with E-state index in [0.717, 1.165) is 12.0 Å². The van der Waals surface area contributed by atoms with Gasteiger partial charge in [-0.2, -0.15) is 0 Å². The average Bonchev–Trinajstić information content (AvgIpc) is 2.07. The molecule has 0 fully saturated rings. The Morgan fingerprint density at radius 1 is 1.43 bits per heavy atom. The average molecular weight is 194 g/mol. The van der Waals surface area contributed by atoms with Gasteiger partial charge in [0.1, 0.15) is 5.75 Å². The molecule has 0 heterocycles. The molecule has 0 aliphatic carbocycles. The Morgan fingerprint density at radius 2 is 2.07 bits per heavy atom. The van der Waals surface area contributed by atoms with Crippen LogP contribution < -0.4 is 0 Å². The summed E-state index contributed by atoms with van der Waals surface area (Å²) < 4.78 is 0. The summed E-state index contributed by atoms with van der Waals surface area (Å²) in [6.07, 6.45) is 0.756. The summed E-state index contributed by atoms with van der Waals surface area (Å²) in [4.78, 5) is 10.6. The number of aromatic carboxylic acids is 1. The third-order valence-electron chi connectivity index (χ3n) is 1.96.